The highest BCUT2D eigenvalue weighted by Gasteiger charge is 2.30. The number of aryl methyl sites for hydroxylation is 1. The van der Waals surface area contributed by atoms with Gasteiger partial charge in [0.05, 0.1) is 17.0 Å². The van der Waals surface area contributed by atoms with Crippen molar-refractivity contribution in [2.45, 2.75) is 59.2 Å². The van der Waals surface area contributed by atoms with Crippen molar-refractivity contribution < 1.29 is 13.2 Å². The van der Waals surface area contributed by atoms with Crippen molar-refractivity contribution >= 4 is 23.6 Å². The number of unbranched alkanes of at least 4 members (excludes halogenated alkanes) is 1. The summed E-state index contributed by atoms with van der Waals surface area (Å²) in [6, 6.07) is 5.23. The van der Waals surface area contributed by atoms with E-state index in [0.29, 0.717) is 36.7 Å². The Bertz CT molecular complexity index is 1110. The van der Waals surface area contributed by atoms with Crippen molar-refractivity contribution in [2.75, 3.05) is 18.9 Å². The van der Waals surface area contributed by atoms with Gasteiger partial charge in [0.2, 0.25) is 5.28 Å². The van der Waals surface area contributed by atoms with Crippen molar-refractivity contribution in [3.63, 3.8) is 0 Å². The van der Waals surface area contributed by atoms with Gasteiger partial charge in [0, 0.05) is 31.9 Å². The summed E-state index contributed by atoms with van der Waals surface area (Å²) in [7, 11) is 1.83. The molecule has 0 atom stereocenters. The van der Waals surface area contributed by atoms with Gasteiger partial charge in [0.15, 0.2) is 0 Å². The molecule has 0 aliphatic heterocycles. The molecule has 10 heteroatoms. The number of anilines is 1. The van der Waals surface area contributed by atoms with Crippen LogP contribution in [0.25, 0.3) is 0 Å². The second-order valence-electron chi connectivity index (χ2n) is 8.79. The normalized spacial score (nSPS) is 12.0. The van der Waals surface area contributed by atoms with Crippen LogP contribution in [0.3, 0.4) is 0 Å². The van der Waals surface area contributed by atoms with Gasteiger partial charge >= 0.3 is 6.18 Å². The van der Waals surface area contributed by atoms with Gasteiger partial charge < -0.3 is 16.0 Å². The molecule has 1 aromatic carbocycles. The summed E-state index contributed by atoms with van der Waals surface area (Å²) in [5.41, 5.74) is 2.40. The SMILES string of the molecule is C=C.C=C/C(NC)=C(\N=C/C(C)C)NCCCCc1nc(Cl)nc(NCc2cccc(C(F)(F)F)c2)c1CC. The van der Waals surface area contributed by atoms with E-state index in [4.69, 9.17) is 11.6 Å². The summed E-state index contributed by atoms with van der Waals surface area (Å²) in [5.74, 6) is 1.61. The Morgan fingerprint density at radius 2 is 1.90 bits per heavy atom. The van der Waals surface area contributed by atoms with Gasteiger partial charge in [0.1, 0.15) is 11.6 Å². The number of hydrogen-bond donors (Lipinski definition) is 3. The van der Waals surface area contributed by atoms with Crippen molar-refractivity contribution in [1.29, 1.82) is 0 Å². The molecule has 0 spiro atoms. The van der Waals surface area contributed by atoms with Crippen LogP contribution in [0.5, 0.6) is 0 Å². The number of hydrogen-bond acceptors (Lipinski definition) is 6. The first-order chi connectivity index (χ1) is 18.6. The highest BCUT2D eigenvalue weighted by molar-refractivity contribution is 6.28. The fraction of sp³-hybridized carbons (Fsp3) is 0.414. The van der Waals surface area contributed by atoms with Crippen LogP contribution in [0.15, 0.2) is 66.6 Å². The van der Waals surface area contributed by atoms with Gasteiger partial charge in [-0.2, -0.15) is 13.2 Å². The molecule has 1 heterocycles. The number of halogens is 4. The molecule has 6 nitrogen and oxygen atoms in total. The maximum atomic E-state index is 13.0. The summed E-state index contributed by atoms with van der Waals surface area (Å²) in [4.78, 5) is 13.3. The summed E-state index contributed by atoms with van der Waals surface area (Å²) in [6.45, 7) is 16.9. The van der Waals surface area contributed by atoms with Crippen molar-refractivity contribution in [2.24, 2.45) is 10.9 Å². The number of aromatic nitrogens is 2. The first-order valence-electron chi connectivity index (χ1n) is 12.9. The smallest absolute Gasteiger partial charge is 0.385 e. The minimum absolute atomic E-state index is 0.106. The van der Waals surface area contributed by atoms with Crippen molar-refractivity contribution in [1.82, 2.24) is 20.6 Å². The molecule has 0 bridgehead atoms. The maximum absolute atomic E-state index is 13.0. The van der Waals surface area contributed by atoms with E-state index in [2.05, 4.69) is 64.5 Å². The van der Waals surface area contributed by atoms with Crippen LogP contribution in [0.1, 0.15) is 56.0 Å². The number of alkyl halides is 3. The van der Waals surface area contributed by atoms with Gasteiger partial charge in [-0.15, -0.1) is 13.2 Å². The maximum Gasteiger partial charge on any atom is 0.416 e. The minimum atomic E-state index is -4.39. The molecule has 3 N–H and O–H groups in total. The van der Waals surface area contributed by atoms with E-state index in [0.717, 1.165) is 47.7 Å². The molecular weight excluding hydrogens is 525 g/mol. The Kier molecular flexibility index (Phi) is 14.9. The summed E-state index contributed by atoms with van der Waals surface area (Å²) in [6.07, 6.45) is 2.30. The van der Waals surface area contributed by atoms with Crippen LogP contribution in [-0.4, -0.2) is 29.8 Å². The molecule has 2 aromatic rings. The molecule has 0 fully saturated rings. The Morgan fingerprint density at radius 1 is 1.18 bits per heavy atom. The average Bonchev–Trinajstić information content (AvgIpc) is 2.91. The van der Waals surface area contributed by atoms with Crippen LogP contribution < -0.4 is 16.0 Å². The van der Waals surface area contributed by atoms with Gasteiger partial charge in [-0.1, -0.05) is 39.5 Å². The first kappa shape index (κ1) is 33.7. The van der Waals surface area contributed by atoms with Crippen LogP contribution in [0, 0.1) is 5.92 Å². The van der Waals surface area contributed by atoms with Gasteiger partial charge in [0.25, 0.3) is 0 Å². The predicted molar refractivity (Wildman–Crippen MR) is 157 cm³/mol. The number of likely N-dealkylation sites (N-methyl/N-ethyl adjacent to an activating group) is 1. The molecule has 0 saturated heterocycles. The Hall–Kier alpha value is -3.33. The molecule has 0 aliphatic carbocycles. The largest absolute Gasteiger partial charge is 0.416 e. The van der Waals surface area contributed by atoms with Gasteiger partial charge in [-0.3, -0.25) is 0 Å². The van der Waals surface area contributed by atoms with E-state index in [1.165, 1.54) is 6.07 Å². The highest BCUT2D eigenvalue weighted by Crippen LogP contribution is 2.30. The predicted octanol–water partition coefficient (Wildman–Crippen LogP) is 7.34. The first-order valence-corrected chi connectivity index (χ1v) is 13.2. The topological polar surface area (TPSA) is 74.2 Å². The molecular formula is C29H40ClF3N6. The standard InChI is InChI=1S/C27H36ClF3N6.C2H4/c1-6-21-23(13-8-9-14-33-25(22(7-2)32-5)34-16-18(3)4)36-26(28)37-24(21)35-17-19-11-10-12-20(15-19)27(29,30)31;1-2/h7,10-12,15-16,18,32-33H,2,6,8-9,13-14,17H2,1,3-5H3,(H,35,36,37);1-2H2/b25-22+,34-16-;. The van der Waals surface area contributed by atoms with E-state index in [9.17, 15) is 13.2 Å². The van der Waals surface area contributed by atoms with Crippen molar-refractivity contribution in [3.05, 3.63) is 89.3 Å². The van der Waals surface area contributed by atoms with Crippen LogP contribution in [0.2, 0.25) is 5.28 Å². The van der Waals surface area contributed by atoms with E-state index in [1.807, 2.05) is 20.2 Å². The number of allylic oxidation sites excluding steroid dienone is 1. The highest BCUT2D eigenvalue weighted by atomic mass is 35.5. The zero-order valence-corrected chi connectivity index (χ0v) is 24.0. The van der Waals surface area contributed by atoms with Gasteiger partial charge in [-0.25, -0.2) is 15.0 Å². The van der Waals surface area contributed by atoms with Crippen LogP contribution >= 0.6 is 11.6 Å². The monoisotopic (exact) mass is 564 g/mol. The molecule has 39 heavy (non-hydrogen) atoms. The zero-order valence-electron chi connectivity index (χ0n) is 23.3. The third kappa shape index (κ3) is 11.5. The summed E-state index contributed by atoms with van der Waals surface area (Å²) >= 11 is 6.19. The third-order valence-electron chi connectivity index (χ3n) is 5.50. The quantitative estimate of drug-likeness (QED) is 0.0736. The number of nitrogens with zero attached hydrogens (tertiary/aromatic N) is 3. The van der Waals surface area contributed by atoms with E-state index >= 15 is 0 Å². The van der Waals surface area contributed by atoms with E-state index in [1.54, 1.807) is 12.1 Å². The fourth-order valence-electron chi connectivity index (χ4n) is 3.64. The Balaban J connectivity index is 0.00000371. The lowest BCUT2D eigenvalue weighted by Crippen LogP contribution is -2.20. The molecule has 0 amide bonds. The molecule has 214 valence electrons. The van der Waals surface area contributed by atoms with Gasteiger partial charge in [-0.05, 0) is 67.0 Å². The molecule has 0 unspecified atom stereocenters. The second kappa shape index (κ2) is 17.3. The molecule has 0 radical (unpaired) electrons. The molecule has 1 aromatic heterocycles. The summed E-state index contributed by atoms with van der Waals surface area (Å²) in [5, 5.41) is 9.72. The lowest BCUT2D eigenvalue weighted by Gasteiger charge is -2.15. The lowest BCUT2D eigenvalue weighted by molar-refractivity contribution is -0.137. The fourth-order valence-corrected chi connectivity index (χ4v) is 3.83. The molecule has 0 saturated carbocycles. The van der Waals surface area contributed by atoms with Crippen LogP contribution in [-0.2, 0) is 25.6 Å². The van der Waals surface area contributed by atoms with Crippen LogP contribution in [0.4, 0.5) is 19.0 Å². The number of nitrogens with one attached hydrogen (secondary N) is 3. The molecule has 2 rings (SSSR count). The van der Waals surface area contributed by atoms with Crippen molar-refractivity contribution in [3.8, 4) is 0 Å². The number of benzene rings is 1. The second-order valence-corrected chi connectivity index (χ2v) is 9.13. The molecule has 0 aliphatic rings. The summed E-state index contributed by atoms with van der Waals surface area (Å²) < 4.78 is 39.1. The number of rotatable bonds is 14. The average molecular weight is 565 g/mol. The third-order valence-corrected chi connectivity index (χ3v) is 5.67. The minimum Gasteiger partial charge on any atom is -0.385 e. The lowest BCUT2D eigenvalue weighted by atomic mass is 10.1. The van der Waals surface area contributed by atoms with E-state index in [-0.39, 0.29) is 11.8 Å². The van der Waals surface area contributed by atoms with E-state index < -0.39 is 11.7 Å². The Morgan fingerprint density at radius 3 is 2.49 bits per heavy atom. The zero-order chi connectivity index (χ0) is 29.4. The Labute approximate surface area is 235 Å². The number of aliphatic imine (C=N–C) groups is 1.